The molecular weight excluding hydrogens is 653 g/mol. The van der Waals surface area contributed by atoms with E-state index in [1.54, 1.807) is 18.9 Å². The highest BCUT2D eigenvalue weighted by Gasteiger charge is 2.52. The molecule has 1 aliphatic heterocycles. The summed E-state index contributed by atoms with van der Waals surface area (Å²) in [7, 11) is 5.10. The van der Waals surface area contributed by atoms with Crippen LogP contribution in [0.15, 0.2) is 36.4 Å². The quantitative estimate of drug-likeness (QED) is 0.253. The van der Waals surface area contributed by atoms with Crippen molar-refractivity contribution in [3.05, 3.63) is 70.0 Å². The number of anilines is 1. The highest BCUT2D eigenvalue weighted by Crippen LogP contribution is 2.51. The monoisotopic (exact) mass is 687 g/mol. The second-order valence-electron chi connectivity index (χ2n) is 11.4. The van der Waals surface area contributed by atoms with Crippen molar-refractivity contribution >= 4 is 29.3 Å². The van der Waals surface area contributed by atoms with E-state index in [0.29, 0.717) is 29.6 Å². The second kappa shape index (κ2) is 14.3. The van der Waals surface area contributed by atoms with Crippen LogP contribution in [-0.4, -0.2) is 70.8 Å². The van der Waals surface area contributed by atoms with Crippen LogP contribution < -0.4 is 20.1 Å². The maximum Gasteiger partial charge on any atom is 0.490 e. The molecule has 2 aliphatic rings. The number of halogens is 6. The van der Waals surface area contributed by atoms with E-state index in [2.05, 4.69) is 32.8 Å². The summed E-state index contributed by atoms with van der Waals surface area (Å²) in [5.41, 5.74) is 3.11. The summed E-state index contributed by atoms with van der Waals surface area (Å²) in [5.74, 6) is -3.37. The summed E-state index contributed by atoms with van der Waals surface area (Å²) in [5, 5.41) is 17.9. The Morgan fingerprint density at radius 2 is 1.77 bits per heavy atom. The van der Waals surface area contributed by atoms with Gasteiger partial charge in [0.05, 0.1) is 19.9 Å². The predicted octanol–water partition coefficient (Wildman–Crippen LogP) is 6.20. The maximum absolute atomic E-state index is 13.6. The molecule has 256 valence electrons. The first-order valence-corrected chi connectivity index (χ1v) is 14.9. The summed E-state index contributed by atoms with van der Waals surface area (Å²) >= 11 is 6.62. The summed E-state index contributed by atoms with van der Waals surface area (Å²) in [4.78, 5) is 24.2. The van der Waals surface area contributed by atoms with Gasteiger partial charge in [0.1, 0.15) is 5.15 Å². The van der Waals surface area contributed by atoms with Gasteiger partial charge in [-0.1, -0.05) is 17.7 Å². The number of aliphatic carboxylic acids is 1. The molecule has 3 N–H and O–H groups in total. The molecule has 10 nitrogen and oxygen atoms in total. The minimum atomic E-state index is -5.08. The zero-order valence-electron chi connectivity index (χ0n) is 26.1. The zero-order valence-corrected chi connectivity index (χ0v) is 26.8. The Balaban J connectivity index is 0.000000644. The number of hydrogen-bond acceptors (Lipinski definition) is 6. The van der Waals surface area contributed by atoms with Crippen LogP contribution in [0.1, 0.15) is 42.5 Å². The van der Waals surface area contributed by atoms with Crippen LogP contribution in [0.4, 0.5) is 32.4 Å². The number of carboxylic acid groups (broad SMARTS) is 1. The number of amides is 2. The first-order valence-electron chi connectivity index (χ1n) is 14.6. The van der Waals surface area contributed by atoms with E-state index < -0.39 is 29.8 Å². The molecule has 5 rings (SSSR count). The molecule has 3 atom stereocenters. The highest BCUT2D eigenvalue weighted by molar-refractivity contribution is 6.30. The van der Waals surface area contributed by atoms with Crippen LogP contribution >= 0.6 is 11.6 Å². The number of aryl methyl sites for hydroxylation is 2. The number of benzene rings is 2. The number of likely N-dealkylation sites (tertiary alicyclic amines) is 1. The number of carbonyl (C=O) groups excluding carboxylic acids is 1. The summed E-state index contributed by atoms with van der Waals surface area (Å²) in [6.07, 6.45) is -1.83. The van der Waals surface area contributed by atoms with Crippen molar-refractivity contribution in [2.45, 2.75) is 62.8 Å². The second-order valence-corrected chi connectivity index (χ2v) is 11.8. The normalized spacial score (nSPS) is 20.9. The highest BCUT2D eigenvalue weighted by atomic mass is 35.5. The number of methoxy groups -OCH3 is 2. The first kappa shape index (κ1) is 35.7. The van der Waals surface area contributed by atoms with Gasteiger partial charge in [0.15, 0.2) is 23.1 Å². The molecule has 47 heavy (non-hydrogen) atoms. The van der Waals surface area contributed by atoms with Gasteiger partial charge in [-0.05, 0) is 69.0 Å². The van der Waals surface area contributed by atoms with Crippen molar-refractivity contribution in [1.29, 1.82) is 0 Å². The van der Waals surface area contributed by atoms with Gasteiger partial charge >= 0.3 is 18.2 Å². The smallest absolute Gasteiger partial charge is 0.490 e. The van der Waals surface area contributed by atoms with Crippen molar-refractivity contribution in [3.8, 4) is 11.5 Å². The van der Waals surface area contributed by atoms with Crippen molar-refractivity contribution in [3.63, 3.8) is 0 Å². The Morgan fingerprint density at radius 1 is 1.09 bits per heavy atom. The van der Waals surface area contributed by atoms with Gasteiger partial charge in [-0.25, -0.2) is 18.4 Å². The minimum absolute atomic E-state index is 0.101. The van der Waals surface area contributed by atoms with Crippen molar-refractivity contribution in [1.82, 2.24) is 20.0 Å². The van der Waals surface area contributed by atoms with Gasteiger partial charge in [-0.15, -0.1) is 0 Å². The van der Waals surface area contributed by atoms with Crippen LogP contribution in [0, 0.1) is 18.6 Å². The number of hydrogen-bond donors (Lipinski definition) is 3. The van der Waals surface area contributed by atoms with Gasteiger partial charge in [-0.2, -0.15) is 18.3 Å². The number of carboxylic acids is 1. The number of alkyl halides is 3. The lowest BCUT2D eigenvalue weighted by Crippen LogP contribution is -2.52. The number of fused-ring (bicyclic) bond motifs is 1. The summed E-state index contributed by atoms with van der Waals surface area (Å²) < 4.78 is 71.5. The number of ether oxygens (including phenoxy) is 2. The van der Waals surface area contributed by atoms with E-state index in [4.69, 9.17) is 31.0 Å². The molecule has 3 aromatic rings. The largest absolute Gasteiger partial charge is 0.493 e. The van der Waals surface area contributed by atoms with Crippen molar-refractivity contribution in [2.24, 2.45) is 7.05 Å². The molecule has 1 saturated heterocycles. The molecule has 2 fully saturated rings. The Bertz CT molecular complexity index is 1620. The Kier molecular flexibility index (Phi) is 10.9. The Hall–Kier alpha value is -4.11. The third-order valence-corrected chi connectivity index (χ3v) is 9.19. The SMILES string of the molecule is COc1ccc(C23CCC(NC(=O)Nc4ccc(F)c(F)c4)CC2N(Cc2c(C)nn(C)c2Cl)CC3)cc1OC.O=C(O)C(F)(F)F. The molecule has 2 aromatic carbocycles. The number of urea groups is 1. The molecule has 1 aromatic heterocycles. The molecule has 0 spiro atoms. The van der Waals surface area contributed by atoms with Crippen LogP contribution in [0.3, 0.4) is 0 Å². The molecule has 3 unspecified atom stereocenters. The van der Waals surface area contributed by atoms with E-state index in [9.17, 15) is 26.7 Å². The molecule has 1 saturated carbocycles. The molecule has 2 amide bonds. The van der Waals surface area contributed by atoms with E-state index in [0.717, 1.165) is 49.2 Å². The van der Waals surface area contributed by atoms with Gasteiger partial charge < -0.3 is 25.2 Å². The Labute approximate surface area is 272 Å². The lowest BCUT2D eigenvalue weighted by atomic mass is 9.65. The van der Waals surface area contributed by atoms with Crippen molar-refractivity contribution < 1.29 is 46.1 Å². The van der Waals surface area contributed by atoms with Gasteiger partial charge in [-0.3, -0.25) is 9.58 Å². The van der Waals surface area contributed by atoms with E-state index >= 15 is 0 Å². The van der Waals surface area contributed by atoms with Crippen LogP contribution in [0.25, 0.3) is 0 Å². The molecule has 16 heteroatoms. The van der Waals surface area contributed by atoms with E-state index in [1.807, 2.05) is 20.0 Å². The predicted molar refractivity (Wildman–Crippen MR) is 163 cm³/mol. The standard InChI is InChI=1S/C29H34ClF2N5O3.C2HF3O2/c1-17-21(27(30)36(2)35-17)16-37-12-11-29(18-5-8-24(39-3)25(13-18)40-4)10-9-20(15-26(29)37)34-28(38)33-19-6-7-22(31)23(32)14-19;3-2(4,5)1(6)7/h5-8,13-14,20,26H,9-12,15-16H2,1-4H3,(H2,33,34,38);(H,6,7). The molecular formula is C31H35ClF5N5O5. The third kappa shape index (κ3) is 7.89. The lowest BCUT2D eigenvalue weighted by Gasteiger charge is -2.45. The van der Waals surface area contributed by atoms with Crippen LogP contribution in [0.5, 0.6) is 11.5 Å². The average Bonchev–Trinajstić information content (AvgIpc) is 3.50. The summed E-state index contributed by atoms with van der Waals surface area (Å²) in [6.45, 7) is 3.47. The van der Waals surface area contributed by atoms with Gasteiger partial charge in [0.25, 0.3) is 0 Å². The van der Waals surface area contributed by atoms with Crippen LogP contribution in [0.2, 0.25) is 5.15 Å². The third-order valence-electron chi connectivity index (χ3n) is 8.72. The zero-order chi connectivity index (χ0) is 34.7. The number of carbonyl (C=O) groups is 2. The Morgan fingerprint density at radius 3 is 2.34 bits per heavy atom. The average molecular weight is 688 g/mol. The maximum atomic E-state index is 13.6. The number of nitrogens with zero attached hydrogens (tertiary/aromatic N) is 3. The topological polar surface area (TPSA) is 118 Å². The number of rotatable bonds is 7. The van der Waals surface area contributed by atoms with Crippen molar-refractivity contribution in [2.75, 3.05) is 26.1 Å². The molecule has 2 heterocycles. The van der Waals surface area contributed by atoms with E-state index in [1.165, 1.54) is 11.6 Å². The van der Waals surface area contributed by atoms with Crippen LogP contribution in [-0.2, 0) is 23.8 Å². The number of nitrogens with one attached hydrogen (secondary N) is 2. The fourth-order valence-electron chi connectivity index (χ4n) is 6.43. The number of aromatic nitrogens is 2. The molecule has 1 aliphatic carbocycles. The summed E-state index contributed by atoms with van der Waals surface area (Å²) in [6, 6.07) is 8.96. The minimum Gasteiger partial charge on any atom is -0.493 e. The first-order chi connectivity index (χ1) is 22.1. The van der Waals surface area contributed by atoms with Gasteiger partial charge in [0, 0.05) is 48.4 Å². The van der Waals surface area contributed by atoms with E-state index in [-0.39, 0.29) is 23.2 Å². The van der Waals surface area contributed by atoms with Gasteiger partial charge in [0.2, 0.25) is 0 Å². The fourth-order valence-corrected chi connectivity index (χ4v) is 6.67. The fraction of sp³-hybridized carbons (Fsp3) is 0.452. The molecule has 0 bridgehead atoms. The molecule has 0 radical (unpaired) electrons. The lowest BCUT2D eigenvalue weighted by molar-refractivity contribution is -0.192.